The summed E-state index contributed by atoms with van der Waals surface area (Å²) in [5.41, 5.74) is 7.90. The summed E-state index contributed by atoms with van der Waals surface area (Å²) < 4.78 is 0. The molecule has 0 radical (unpaired) electrons. The van der Waals surface area contributed by atoms with Crippen molar-refractivity contribution in [3.63, 3.8) is 0 Å². The molecule has 1 fully saturated rings. The summed E-state index contributed by atoms with van der Waals surface area (Å²) in [5.74, 6) is 0.697. The van der Waals surface area contributed by atoms with Crippen molar-refractivity contribution in [3.05, 3.63) is 29.8 Å². The third-order valence-corrected chi connectivity index (χ3v) is 3.70. The van der Waals surface area contributed by atoms with Crippen LogP contribution in [0.1, 0.15) is 25.3 Å². The van der Waals surface area contributed by atoms with E-state index < -0.39 is 0 Å². The number of nitrogen functional groups attached to an aromatic ring is 1. The van der Waals surface area contributed by atoms with Gasteiger partial charge in [0, 0.05) is 25.7 Å². The van der Waals surface area contributed by atoms with Crippen molar-refractivity contribution >= 4 is 11.6 Å². The van der Waals surface area contributed by atoms with Gasteiger partial charge in [0.15, 0.2) is 0 Å². The molecular formula is C15H23N3O. The molecule has 19 heavy (non-hydrogen) atoms. The summed E-state index contributed by atoms with van der Waals surface area (Å²) in [7, 11) is 0. The molecule has 0 aromatic heterocycles. The van der Waals surface area contributed by atoms with Gasteiger partial charge in [0.2, 0.25) is 5.91 Å². The van der Waals surface area contributed by atoms with Crippen molar-refractivity contribution in [1.82, 2.24) is 10.2 Å². The standard InChI is InChI=1S/C15H23N3O/c1-12(19)17-10-13-5-7-18(8-6-13)11-14-3-2-4-15(16)9-14/h2-4,9,13H,5-8,10-11,16H2,1H3,(H,17,19). The van der Waals surface area contributed by atoms with Crippen molar-refractivity contribution in [2.45, 2.75) is 26.3 Å². The van der Waals surface area contributed by atoms with E-state index in [4.69, 9.17) is 5.73 Å². The Labute approximate surface area is 115 Å². The summed E-state index contributed by atoms with van der Waals surface area (Å²) in [6.45, 7) is 5.56. The van der Waals surface area contributed by atoms with Gasteiger partial charge in [-0.3, -0.25) is 9.69 Å². The molecule has 1 saturated heterocycles. The van der Waals surface area contributed by atoms with Crippen LogP contribution in [0, 0.1) is 5.92 Å². The molecule has 0 saturated carbocycles. The predicted octanol–water partition coefficient (Wildman–Crippen LogP) is 1.62. The van der Waals surface area contributed by atoms with E-state index in [9.17, 15) is 4.79 Å². The number of nitrogens with one attached hydrogen (secondary N) is 1. The van der Waals surface area contributed by atoms with Crippen molar-refractivity contribution in [2.75, 3.05) is 25.4 Å². The van der Waals surface area contributed by atoms with Gasteiger partial charge in [-0.2, -0.15) is 0 Å². The largest absolute Gasteiger partial charge is 0.399 e. The first-order valence-corrected chi connectivity index (χ1v) is 6.94. The van der Waals surface area contributed by atoms with Crippen LogP contribution in [0.25, 0.3) is 0 Å². The quantitative estimate of drug-likeness (QED) is 0.810. The molecule has 1 aliphatic heterocycles. The van der Waals surface area contributed by atoms with Crippen molar-refractivity contribution in [1.29, 1.82) is 0 Å². The lowest BCUT2D eigenvalue weighted by atomic mass is 9.96. The molecule has 4 nitrogen and oxygen atoms in total. The number of piperidine rings is 1. The number of likely N-dealkylation sites (tertiary alicyclic amines) is 1. The molecule has 3 N–H and O–H groups in total. The summed E-state index contributed by atoms with van der Waals surface area (Å²) in [6, 6.07) is 8.10. The maximum absolute atomic E-state index is 10.9. The molecule has 1 aliphatic rings. The maximum atomic E-state index is 10.9. The molecule has 0 spiro atoms. The highest BCUT2D eigenvalue weighted by molar-refractivity contribution is 5.72. The zero-order valence-corrected chi connectivity index (χ0v) is 11.6. The summed E-state index contributed by atoms with van der Waals surface area (Å²) in [5, 5.41) is 2.91. The molecular weight excluding hydrogens is 238 g/mol. The number of nitrogens with two attached hydrogens (primary N) is 1. The van der Waals surface area contributed by atoms with Crippen LogP contribution in [0.4, 0.5) is 5.69 Å². The van der Waals surface area contributed by atoms with Crippen LogP contribution >= 0.6 is 0 Å². The molecule has 1 amide bonds. The van der Waals surface area contributed by atoms with Crippen LogP contribution in [0.2, 0.25) is 0 Å². The van der Waals surface area contributed by atoms with Crippen molar-refractivity contribution in [3.8, 4) is 0 Å². The highest BCUT2D eigenvalue weighted by atomic mass is 16.1. The summed E-state index contributed by atoms with van der Waals surface area (Å²) in [6.07, 6.45) is 2.31. The first kappa shape index (κ1) is 13.9. The number of carbonyl (C=O) groups excluding carboxylic acids is 1. The van der Waals surface area contributed by atoms with E-state index in [0.29, 0.717) is 5.92 Å². The first-order chi connectivity index (χ1) is 9.13. The molecule has 1 aromatic rings. The van der Waals surface area contributed by atoms with E-state index in [1.165, 1.54) is 5.56 Å². The minimum atomic E-state index is 0.0715. The van der Waals surface area contributed by atoms with E-state index in [-0.39, 0.29) is 5.91 Å². The number of hydrogen-bond acceptors (Lipinski definition) is 3. The highest BCUT2D eigenvalue weighted by Gasteiger charge is 2.19. The Morgan fingerprint density at radius 2 is 2.16 bits per heavy atom. The smallest absolute Gasteiger partial charge is 0.216 e. The number of anilines is 1. The van der Waals surface area contributed by atoms with Gasteiger partial charge in [0.25, 0.3) is 0 Å². The number of benzene rings is 1. The Balaban J connectivity index is 1.75. The molecule has 1 heterocycles. The lowest BCUT2D eigenvalue weighted by Gasteiger charge is -2.32. The van der Waals surface area contributed by atoms with Gasteiger partial charge in [0.1, 0.15) is 0 Å². The second kappa shape index (κ2) is 6.57. The molecule has 0 aliphatic carbocycles. The average molecular weight is 261 g/mol. The minimum absolute atomic E-state index is 0.0715. The van der Waals surface area contributed by atoms with E-state index in [2.05, 4.69) is 16.3 Å². The molecule has 0 unspecified atom stereocenters. The zero-order chi connectivity index (χ0) is 13.7. The molecule has 4 heteroatoms. The van der Waals surface area contributed by atoms with Gasteiger partial charge in [-0.15, -0.1) is 0 Å². The van der Waals surface area contributed by atoms with Crippen LogP contribution in [0.5, 0.6) is 0 Å². The fraction of sp³-hybridized carbons (Fsp3) is 0.533. The minimum Gasteiger partial charge on any atom is -0.399 e. The van der Waals surface area contributed by atoms with Gasteiger partial charge >= 0.3 is 0 Å². The number of carbonyl (C=O) groups is 1. The number of hydrogen-bond donors (Lipinski definition) is 2. The average Bonchev–Trinajstić information content (AvgIpc) is 2.38. The molecule has 0 bridgehead atoms. The van der Waals surface area contributed by atoms with Gasteiger partial charge in [-0.05, 0) is 49.5 Å². The number of rotatable bonds is 4. The third-order valence-electron chi connectivity index (χ3n) is 3.70. The molecule has 104 valence electrons. The third kappa shape index (κ3) is 4.56. The van der Waals surface area contributed by atoms with Crippen molar-refractivity contribution in [2.24, 2.45) is 5.92 Å². The maximum Gasteiger partial charge on any atom is 0.216 e. The lowest BCUT2D eigenvalue weighted by Crippen LogP contribution is -2.37. The Morgan fingerprint density at radius 1 is 1.42 bits per heavy atom. The monoisotopic (exact) mass is 261 g/mol. The topological polar surface area (TPSA) is 58.4 Å². The Morgan fingerprint density at radius 3 is 2.79 bits per heavy atom. The van der Waals surface area contributed by atoms with Gasteiger partial charge in [-0.25, -0.2) is 0 Å². The predicted molar refractivity (Wildman–Crippen MR) is 77.5 cm³/mol. The SMILES string of the molecule is CC(=O)NCC1CCN(Cc2cccc(N)c2)CC1. The Bertz CT molecular complexity index is 425. The second-order valence-corrected chi connectivity index (χ2v) is 5.40. The van der Waals surface area contributed by atoms with Crippen LogP contribution in [0.3, 0.4) is 0 Å². The van der Waals surface area contributed by atoms with Crippen LogP contribution < -0.4 is 11.1 Å². The van der Waals surface area contributed by atoms with Gasteiger partial charge in [-0.1, -0.05) is 12.1 Å². The van der Waals surface area contributed by atoms with Gasteiger partial charge < -0.3 is 11.1 Å². The molecule has 0 atom stereocenters. The summed E-state index contributed by atoms with van der Waals surface area (Å²) in [4.78, 5) is 13.3. The summed E-state index contributed by atoms with van der Waals surface area (Å²) >= 11 is 0. The lowest BCUT2D eigenvalue weighted by molar-refractivity contribution is -0.119. The van der Waals surface area contributed by atoms with E-state index in [1.54, 1.807) is 6.92 Å². The van der Waals surface area contributed by atoms with Gasteiger partial charge in [0.05, 0.1) is 0 Å². The van der Waals surface area contributed by atoms with Crippen LogP contribution in [0.15, 0.2) is 24.3 Å². The molecule has 1 aromatic carbocycles. The second-order valence-electron chi connectivity index (χ2n) is 5.40. The van der Waals surface area contributed by atoms with E-state index in [1.807, 2.05) is 18.2 Å². The van der Waals surface area contributed by atoms with Crippen molar-refractivity contribution < 1.29 is 4.79 Å². The number of amides is 1. The molecule has 2 rings (SSSR count). The normalized spacial score (nSPS) is 17.3. The van der Waals surface area contributed by atoms with Crippen LogP contribution in [-0.2, 0) is 11.3 Å². The highest BCUT2D eigenvalue weighted by Crippen LogP contribution is 2.19. The first-order valence-electron chi connectivity index (χ1n) is 6.94. The van der Waals surface area contributed by atoms with Crippen LogP contribution in [-0.4, -0.2) is 30.4 Å². The fourth-order valence-electron chi connectivity index (χ4n) is 2.59. The number of nitrogens with zero attached hydrogens (tertiary/aromatic N) is 1. The van der Waals surface area contributed by atoms with E-state index >= 15 is 0 Å². The zero-order valence-electron chi connectivity index (χ0n) is 11.6. The van der Waals surface area contributed by atoms with E-state index in [0.717, 1.165) is 44.7 Å². The Hall–Kier alpha value is -1.55. The Kier molecular flexibility index (Phi) is 4.80. The fourth-order valence-corrected chi connectivity index (χ4v) is 2.59.